The van der Waals surface area contributed by atoms with Crippen LogP contribution in [-0.2, 0) is 4.79 Å². The molecule has 2 saturated carbocycles. The van der Waals surface area contributed by atoms with Gasteiger partial charge in [-0.1, -0.05) is 27.2 Å². The SMILES string of the molecule is CC1CCC(C(=O)NC2CCCC([C@H](C)SC3NNCN3C)C2)CC1C. The predicted molar refractivity (Wildman–Crippen MR) is 109 cm³/mol. The van der Waals surface area contributed by atoms with E-state index < -0.39 is 0 Å². The molecule has 3 aliphatic rings. The molecule has 0 bridgehead atoms. The Morgan fingerprint density at radius 1 is 1.15 bits per heavy atom. The molecule has 0 radical (unpaired) electrons. The van der Waals surface area contributed by atoms with Crippen LogP contribution >= 0.6 is 11.8 Å². The number of carbonyl (C=O) groups is 1. The highest BCUT2D eigenvalue weighted by atomic mass is 32.2. The molecule has 6 unspecified atom stereocenters. The molecule has 1 saturated heterocycles. The number of nitrogens with one attached hydrogen (secondary N) is 3. The van der Waals surface area contributed by atoms with Gasteiger partial charge in [0.05, 0.1) is 6.67 Å². The third-order valence-corrected chi connectivity index (χ3v) is 8.54. The van der Waals surface area contributed by atoms with Gasteiger partial charge in [0.25, 0.3) is 0 Å². The third-order valence-electron chi connectivity index (χ3n) is 6.99. The summed E-state index contributed by atoms with van der Waals surface area (Å²) in [7, 11) is 2.15. The Kier molecular flexibility index (Phi) is 7.28. The minimum atomic E-state index is 0.246. The maximum Gasteiger partial charge on any atom is 0.223 e. The van der Waals surface area contributed by atoms with Crippen LogP contribution in [0.2, 0.25) is 0 Å². The summed E-state index contributed by atoms with van der Waals surface area (Å²) in [5.41, 5.74) is 6.90. The Labute approximate surface area is 163 Å². The minimum absolute atomic E-state index is 0.246. The fourth-order valence-electron chi connectivity index (χ4n) is 4.79. The van der Waals surface area contributed by atoms with Gasteiger partial charge in [-0.25, -0.2) is 10.9 Å². The molecular formula is C20H38N4OS. The van der Waals surface area contributed by atoms with E-state index in [4.69, 9.17) is 0 Å². The standard InChI is InChI=1S/C20H38N4OS/c1-13-8-9-17(10-14(13)2)19(25)22-18-7-5-6-16(11-18)15(3)26-20-23-21-12-24(20)4/h13-18,20-21,23H,5-12H2,1-4H3,(H,22,25)/t13?,14?,15-,16?,17?,18?,20?/m0/s1. The number of hydrogen-bond acceptors (Lipinski definition) is 5. The van der Waals surface area contributed by atoms with E-state index in [-0.39, 0.29) is 5.92 Å². The normalized spacial score (nSPS) is 40.3. The topological polar surface area (TPSA) is 56.4 Å². The quantitative estimate of drug-likeness (QED) is 0.682. The Morgan fingerprint density at radius 2 is 1.96 bits per heavy atom. The average Bonchev–Trinajstić information content (AvgIpc) is 3.02. The lowest BCUT2D eigenvalue weighted by atomic mass is 9.75. The maximum atomic E-state index is 12.8. The third kappa shape index (κ3) is 5.15. The lowest BCUT2D eigenvalue weighted by Crippen LogP contribution is -2.44. The van der Waals surface area contributed by atoms with Crippen LogP contribution in [0.15, 0.2) is 0 Å². The monoisotopic (exact) mass is 382 g/mol. The van der Waals surface area contributed by atoms with Gasteiger partial charge in [0.15, 0.2) is 0 Å². The molecule has 3 rings (SSSR count). The van der Waals surface area contributed by atoms with Crippen molar-refractivity contribution in [3.05, 3.63) is 0 Å². The van der Waals surface area contributed by atoms with Crippen molar-refractivity contribution in [2.24, 2.45) is 23.7 Å². The largest absolute Gasteiger partial charge is 0.353 e. The molecule has 0 aromatic carbocycles. The molecule has 0 aromatic heterocycles. The second-order valence-electron chi connectivity index (χ2n) is 9.03. The van der Waals surface area contributed by atoms with Gasteiger partial charge in [0, 0.05) is 17.2 Å². The highest BCUT2D eigenvalue weighted by Crippen LogP contribution is 2.36. The number of thioether (sulfide) groups is 1. The van der Waals surface area contributed by atoms with Crippen LogP contribution in [0.3, 0.4) is 0 Å². The van der Waals surface area contributed by atoms with Gasteiger partial charge in [-0.3, -0.25) is 9.69 Å². The van der Waals surface area contributed by atoms with Crippen LogP contribution in [0.4, 0.5) is 0 Å². The highest BCUT2D eigenvalue weighted by Gasteiger charge is 2.33. The van der Waals surface area contributed by atoms with Crippen LogP contribution in [-0.4, -0.2) is 41.3 Å². The average molecular weight is 383 g/mol. The Morgan fingerprint density at radius 3 is 2.65 bits per heavy atom. The number of hydrogen-bond donors (Lipinski definition) is 3. The molecule has 150 valence electrons. The van der Waals surface area contributed by atoms with E-state index in [1.165, 1.54) is 19.3 Å². The molecule has 1 amide bonds. The molecule has 1 aliphatic heterocycles. The molecule has 0 aromatic rings. The molecule has 7 atom stereocenters. The fourth-order valence-corrected chi connectivity index (χ4v) is 6.10. The van der Waals surface area contributed by atoms with Gasteiger partial charge >= 0.3 is 0 Å². The molecule has 3 fully saturated rings. The number of rotatable bonds is 5. The van der Waals surface area contributed by atoms with Crippen LogP contribution in [0.5, 0.6) is 0 Å². The summed E-state index contributed by atoms with van der Waals surface area (Å²) in [5.74, 6) is 2.72. The Hall–Kier alpha value is -0.300. The first-order valence-corrected chi connectivity index (χ1v) is 11.5. The van der Waals surface area contributed by atoms with Crippen molar-refractivity contribution in [2.75, 3.05) is 13.7 Å². The summed E-state index contributed by atoms with van der Waals surface area (Å²) in [5, 5.41) is 4.03. The minimum Gasteiger partial charge on any atom is -0.353 e. The lowest BCUT2D eigenvalue weighted by molar-refractivity contribution is -0.127. The molecule has 1 heterocycles. The van der Waals surface area contributed by atoms with Crippen molar-refractivity contribution in [3.63, 3.8) is 0 Å². The second kappa shape index (κ2) is 9.26. The summed E-state index contributed by atoms with van der Waals surface area (Å²) < 4.78 is 0. The molecular weight excluding hydrogens is 344 g/mol. The zero-order chi connectivity index (χ0) is 18.7. The van der Waals surface area contributed by atoms with E-state index in [0.29, 0.717) is 34.5 Å². The smallest absolute Gasteiger partial charge is 0.223 e. The first-order valence-electron chi connectivity index (χ1n) is 10.6. The maximum absolute atomic E-state index is 12.8. The van der Waals surface area contributed by atoms with Gasteiger partial charge in [-0.15, -0.1) is 11.8 Å². The van der Waals surface area contributed by atoms with E-state index in [2.05, 4.69) is 48.9 Å². The number of hydrazine groups is 1. The van der Waals surface area contributed by atoms with Crippen molar-refractivity contribution in [3.8, 4) is 0 Å². The van der Waals surface area contributed by atoms with Gasteiger partial charge in [0.2, 0.25) is 5.91 Å². The zero-order valence-electron chi connectivity index (χ0n) is 17.0. The van der Waals surface area contributed by atoms with Gasteiger partial charge in [-0.2, -0.15) is 0 Å². The van der Waals surface area contributed by atoms with E-state index in [1.54, 1.807) is 0 Å². The summed E-state index contributed by atoms with van der Waals surface area (Å²) in [4.78, 5) is 15.1. The molecule has 5 nitrogen and oxygen atoms in total. The highest BCUT2D eigenvalue weighted by molar-refractivity contribution is 8.00. The van der Waals surface area contributed by atoms with E-state index in [9.17, 15) is 4.79 Å². The summed E-state index contributed by atoms with van der Waals surface area (Å²) in [6.45, 7) is 7.89. The lowest BCUT2D eigenvalue weighted by Gasteiger charge is -2.36. The van der Waals surface area contributed by atoms with E-state index in [1.807, 2.05) is 11.8 Å². The molecule has 3 N–H and O–H groups in total. The number of carbonyl (C=O) groups excluding carboxylic acids is 1. The van der Waals surface area contributed by atoms with Crippen molar-refractivity contribution in [2.45, 2.75) is 82.5 Å². The molecule has 26 heavy (non-hydrogen) atoms. The second-order valence-corrected chi connectivity index (χ2v) is 10.5. The summed E-state index contributed by atoms with van der Waals surface area (Å²) in [6.07, 6.45) is 8.18. The van der Waals surface area contributed by atoms with Gasteiger partial charge in [-0.05, 0) is 63.3 Å². The van der Waals surface area contributed by atoms with Crippen molar-refractivity contribution in [1.82, 2.24) is 21.1 Å². The number of nitrogens with zero attached hydrogens (tertiary/aromatic N) is 1. The fraction of sp³-hybridized carbons (Fsp3) is 0.950. The molecule has 6 heteroatoms. The van der Waals surface area contributed by atoms with Crippen LogP contribution in [0.25, 0.3) is 0 Å². The van der Waals surface area contributed by atoms with Crippen LogP contribution in [0.1, 0.15) is 65.7 Å². The predicted octanol–water partition coefficient (Wildman–Crippen LogP) is 3.14. The van der Waals surface area contributed by atoms with E-state index in [0.717, 1.165) is 38.3 Å². The van der Waals surface area contributed by atoms with E-state index >= 15 is 0 Å². The van der Waals surface area contributed by atoms with Gasteiger partial charge in [0.1, 0.15) is 5.50 Å². The summed E-state index contributed by atoms with van der Waals surface area (Å²) >= 11 is 2.01. The first kappa shape index (κ1) is 20.4. The first-order chi connectivity index (χ1) is 12.4. The van der Waals surface area contributed by atoms with Gasteiger partial charge < -0.3 is 5.32 Å². The van der Waals surface area contributed by atoms with Crippen molar-refractivity contribution in [1.29, 1.82) is 0 Å². The summed E-state index contributed by atoms with van der Waals surface area (Å²) in [6, 6.07) is 0.381. The van der Waals surface area contributed by atoms with Crippen molar-refractivity contribution >= 4 is 17.7 Å². The van der Waals surface area contributed by atoms with Crippen molar-refractivity contribution < 1.29 is 4.79 Å². The van der Waals surface area contributed by atoms with Crippen LogP contribution < -0.4 is 16.2 Å². The molecule has 0 spiro atoms. The molecule has 2 aliphatic carbocycles. The number of amides is 1. The zero-order valence-corrected chi connectivity index (χ0v) is 17.8. The Bertz CT molecular complexity index is 477. The Balaban J connectivity index is 1.46. The van der Waals surface area contributed by atoms with Crippen LogP contribution in [0, 0.1) is 23.7 Å².